The van der Waals surface area contributed by atoms with Crippen molar-refractivity contribution in [1.82, 2.24) is 0 Å². The third kappa shape index (κ3) is 4.25. The Hall–Kier alpha value is -2.56. The molecule has 0 fully saturated rings. The Bertz CT molecular complexity index is 684. The average molecular weight is 330 g/mol. The van der Waals surface area contributed by atoms with Crippen molar-refractivity contribution in [3.63, 3.8) is 0 Å². The van der Waals surface area contributed by atoms with E-state index < -0.39 is 0 Å². The summed E-state index contributed by atoms with van der Waals surface area (Å²) >= 11 is 0. The van der Waals surface area contributed by atoms with Crippen molar-refractivity contribution in [2.75, 3.05) is 19.8 Å². The zero-order valence-corrected chi connectivity index (χ0v) is 13.2. The minimum atomic E-state index is -0.299. The van der Waals surface area contributed by atoms with Crippen LogP contribution in [0.4, 0.5) is 4.39 Å². The van der Waals surface area contributed by atoms with Crippen LogP contribution in [0, 0.1) is 11.7 Å². The number of fused-ring (bicyclic) bond motifs is 1. The molecule has 5 heteroatoms. The van der Waals surface area contributed by atoms with Crippen LogP contribution in [0.1, 0.15) is 12.0 Å². The second-order valence-corrected chi connectivity index (χ2v) is 5.64. The van der Waals surface area contributed by atoms with Crippen molar-refractivity contribution >= 4 is 5.97 Å². The minimum Gasteiger partial charge on any atom is -0.493 e. The van der Waals surface area contributed by atoms with Crippen LogP contribution >= 0.6 is 0 Å². The molecule has 1 aliphatic rings. The van der Waals surface area contributed by atoms with Crippen LogP contribution in [-0.4, -0.2) is 25.8 Å². The number of rotatable bonds is 6. The van der Waals surface area contributed by atoms with Crippen molar-refractivity contribution in [2.24, 2.45) is 5.92 Å². The van der Waals surface area contributed by atoms with Gasteiger partial charge in [-0.3, -0.25) is 4.79 Å². The van der Waals surface area contributed by atoms with Gasteiger partial charge in [0, 0.05) is 6.42 Å². The molecule has 0 saturated carbocycles. The number of para-hydroxylation sites is 1. The first-order chi connectivity index (χ1) is 11.7. The normalized spacial score (nSPS) is 16.0. The number of esters is 1. The van der Waals surface area contributed by atoms with Gasteiger partial charge >= 0.3 is 5.97 Å². The molecule has 2 aromatic rings. The summed E-state index contributed by atoms with van der Waals surface area (Å²) in [6.45, 7) is 1.04. The van der Waals surface area contributed by atoms with Crippen molar-refractivity contribution in [3.8, 4) is 11.5 Å². The second-order valence-electron chi connectivity index (χ2n) is 5.64. The Morgan fingerprint density at radius 3 is 2.75 bits per heavy atom. The van der Waals surface area contributed by atoms with Gasteiger partial charge in [-0.2, -0.15) is 0 Å². The lowest BCUT2D eigenvalue weighted by Crippen LogP contribution is -2.30. The quantitative estimate of drug-likeness (QED) is 0.602. The maximum atomic E-state index is 12.8. The Morgan fingerprint density at radius 1 is 1.12 bits per heavy atom. The smallest absolute Gasteiger partial charge is 0.312 e. The van der Waals surface area contributed by atoms with E-state index in [2.05, 4.69) is 0 Å². The highest BCUT2D eigenvalue weighted by molar-refractivity contribution is 5.73. The van der Waals surface area contributed by atoms with Crippen LogP contribution in [-0.2, 0) is 16.0 Å². The fourth-order valence-electron chi connectivity index (χ4n) is 2.55. The summed E-state index contributed by atoms with van der Waals surface area (Å²) in [5, 5.41) is 0. The monoisotopic (exact) mass is 330 g/mol. The molecular formula is C19H19FO4. The molecule has 1 heterocycles. The number of halogens is 1. The van der Waals surface area contributed by atoms with E-state index in [0.29, 0.717) is 31.8 Å². The number of carbonyl (C=O) groups excluding carboxylic acids is 1. The van der Waals surface area contributed by atoms with E-state index in [1.165, 1.54) is 12.1 Å². The molecule has 0 bridgehead atoms. The number of ether oxygens (including phenoxy) is 3. The Morgan fingerprint density at radius 2 is 1.92 bits per heavy atom. The number of carbonyl (C=O) groups is 1. The van der Waals surface area contributed by atoms with Crippen molar-refractivity contribution in [3.05, 3.63) is 59.9 Å². The molecule has 0 saturated heterocycles. The molecule has 1 aliphatic heterocycles. The average Bonchev–Trinajstić information content (AvgIpc) is 2.62. The van der Waals surface area contributed by atoms with Crippen LogP contribution in [0.5, 0.6) is 11.5 Å². The van der Waals surface area contributed by atoms with Gasteiger partial charge in [-0.25, -0.2) is 4.39 Å². The van der Waals surface area contributed by atoms with Gasteiger partial charge in [-0.1, -0.05) is 18.2 Å². The van der Waals surface area contributed by atoms with Gasteiger partial charge in [0.2, 0.25) is 0 Å². The maximum absolute atomic E-state index is 12.8. The maximum Gasteiger partial charge on any atom is 0.312 e. The van der Waals surface area contributed by atoms with E-state index in [4.69, 9.17) is 14.2 Å². The molecule has 0 aromatic heterocycles. The summed E-state index contributed by atoms with van der Waals surface area (Å²) in [7, 11) is 0. The molecule has 24 heavy (non-hydrogen) atoms. The van der Waals surface area contributed by atoms with Crippen LogP contribution in [0.3, 0.4) is 0 Å². The lowest BCUT2D eigenvalue weighted by Gasteiger charge is -2.23. The van der Waals surface area contributed by atoms with E-state index in [9.17, 15) is 9.18 Å². The summed E-state index contributed by atoms with van der Waals surface area (Å²) in [6.07, 6.45) is 1.22. The topological polar surface area (TPSA) is 44.8 Å². The number of hydrogen-bond donors (Lipinski definition) is 0. The number of benzene rings is 2. The molecule has 2 aromatic carbocycles. The number of hydrogen-bond acceptors (Lipinski definition) is 4. The summed E-state index contributed by atoms with van der Waals surface area (Å²) in [4.78, 5) is 12.1. The van der Waals surface area contributed by atoms with Crippen molar-refractivity contribution in [2.45, 2.75) is 12.8 Å². The standard InChI is InChI=1S/C19H19FO4/c20-16-6-8-17(9-7-16)22-10-3-11-23-19(21)15-12-14-4-1-2-5-18(14)24-13-15/h1-2,4-9,15H,3,10-13H2. The minimum absolute atomic E-state index is 0.244. The lowest BCUT2D eigenvalue weighted by atomic mass is 9.97. The predicted octanol–water partition coefficient (Wildman–Crippen LogP) is 3.39. The SMILES string of the molecule is O=C(OCCCOc1ccc(F)cc1)C1COc2ccccc2C1. The van der Waals surface area contributed by atoms with Crippen LogP contribution < -0.4 is 9.47 Å². The first-order valence-electron chi connectivity index (χ1n) is 7.98. The third-order valence-electron chi connectivity index (χ3n) is 3.83. The lowest BCUT2D eigenvalue weighted by molar-refractivity contribution is -0.150. The summed E-state index contributed by atoms with van der Waals surface area (Å²) < 4.78 is 29.1. The molecule has 3 rings (SSSR count). The highest BCUT2D eigenvalue weighted by Gasteiger charge is 2.26. The van der Waals surface area contributed by atoms with E-state index in [1.54, 1.807) is 12.1 Å². The van der Waals surface area contributed by atoms with Gasteiger partial charge in [0.1, 0.15) is 23.9 Å². The molecule has 1 unspecified atom stereocenters. The molecule has 0 N–H and O–H groups in total. The molecule has 0 radical (unpaired) electrons. The molecule has 0 spiro atoms. The molecule has 4 nitrogen and oxygen atoms in total. The van der Waals surface area contributed by atoms with Gasteiger partial charge in [-0.15, -0.1) is 0 Å². The van der Waals surface area contributed by atoms with E-state index in [0.717, 1.165) is 11.3 Å². The van der Waals surface area contributed by atoms with Crippen LogP contribution in [0.15, 0.2) is 48.5 Å². The predicted molar refractivity (Wildman–Crippen MR) is 86.6 cm³/mol. The fourth-order valence-corrected chi connectivity index (χ4v) is 2.55. The fraction of sp³-hybridized carbons (Fsp3) is 0.316. The van der Waals surface area contributed by atoms with Gasteiger partial charge in [0.05, 0.1) is 19.1 Å². The zero-order chi connectivity index (χ0) is 16.8. The van der Waals surface area contributed by atoms with E-state index in [1.807, 2.05) is 24.3 Å². The van der Waals surface area contributed by atoms with Crippen LogP contribution in [0.2, 0.25) is 0 Å². The Balaban J connectivity index is 1.36. The van der Waals surface area contributed by atoms with Gasteiger partial charge in [0.25, 0.3) is 0 Å². The largest absolute Gasteiger partial charge is 0.493 e. The van der Waals surface area contributed by atoms with E-state index in [-0.39, 0.29) is 24.3 Å². The highest BCUT2D eigenvalue weighted by atomic mass is 19.1. The summed E-state index contributed by atoms with van der Waals surface area (Å²) in [5.74, 6) is 0.631. The molecule has 0 aliphatic carbocycles. The van der Waals surface area contributed by atoms with Gasteiger partial charge < -0.3 is 14.2 Å². The molecule has 0 amide bonds. The molecule has 1 atom stereocenters. The van der Waals surface area contributed by atoms with Crippen molar-refractivity contribution < 1.29 is 23.4 Å². The molecular weight excluding hydrogens is 311 g/mol. The molecule has 126 valence electrons. The first kappa shape index (κ1) is 16.3. The second kappa shape index (κ2) is 7.81. The van der Waals surface area contributed by atoms with Gasteiger partial charge in [0.15, 0.2) is 0 Å². The highest BCUT2D eigenvalue weighted by Crippen LogP contribution is 2.27. The first-order valence-corrected chi connectivity index (χ1v) is 7.98. The van der Waals surface area contributed by atoms with Crippen molar-refractivity contribution in [1.29, 1.82) is 0 Å². The third-order valence-corrected chi connectivity index (χ3v) is 3.83. The Kier molecular flexibility index (Phi) is 5.31. The summed E-state index contributed by atoms with van der Waals surface area (Å²) in [5.41, 5.74) is 1.03. The van der Waals surface area contributed by atoms with E-state index >= 15 is 0 Å². The van der Waals surface area contributed by atoms with Gasteiger partial charge in [-0.05, 0) is 42.3 Å². The zero-order valence-electron chi connectivity index (χ0n) is 13.2. The summed E-state index contributed by atoms with van der Waals surface area (Å²) in [6, 6.07) is 13.5. The van der Waals surface area contributed by atoms with Crippen LogP contribution in [0.25, 0.3) is 0 Å². The Labute approximate surface area is 140 Å².